The van der Waals surface area contributed by atoms with Gasteiger partial charge < -0.3 is 10.6 Å². The Labute approximate surface area is 190 Å². The lowest BCUT2D eigenvalue weighted by Gasteiger charge is -2.12. The van der Waals surface area contributed by atoms with E-state index in [-0.39, 0.29) is 4.90 Å². The number of benzene rings is 2. The molecule has 0 saturated heterocycles. The van der Waals surface area contributed by atoms with Gasteiger partial charge >= 0.3 is 0 Å². The van der Waals surface area contributed by atoms with Gasteiger partial charge in [-0.25, -0.2) is 13.6 Å². The number of sulfonamides is 1. The molecule has 0 aliphatic rings. The summed E-state index contributed by atoms with van der Waals surface area (Å²) >= 11 is 17.5. The minimum Gasteiger partial charge on any atom is -0.332 e. The molecule has 0 aliphatic heterocycles. The van der Waals surface area contributed by atoms with Crippen molar-refractivity contribution >= 4 is 61.9 Å². The molecular formula is C19H19Cl2N5O2S2. The monoisotopic (exact) mass is 483 g/mol. The Morgan fingerprint density at radius 3 is 2.37 bits per heavy atom. The van der Waals surface area contributed by atoms with Crippen molar-refractivity contribution in [2.45, 2.75) is 25.3 Å². The van der Waals surface area contributed by atoms with Crippen molar-refractivity contribution in [2.75, 3.05) is 10.6 Å². The molecule has 0 bridgehead atoms. The zero-order valence-electron chi connectivity index (χ0n) is 16.1. The number of primary sulfonamides is 1. The minimum absolute atomic E-state index is 0.0298. The van der Waals surface area contributed by atoms with Crippen LogP contribution in [0.25, 0.3) is 0 Å². The maximum Gasteiger partial charge on any atom is 0.238 e. The standard InChI is InChI=1S/C19H19Cl2N5O2S2/c1-11-18(12(2)26(25-11)10-13-3-8-16(20)17(21)9-13)24-19(29)23-14-4-6-15(7-5-14)30(22,27)28/h3-9H,10H2,1-2H3,(H2,22,27,28)(H2,23,24,29). The third-order valence-corrected chi connectivity index (χ3v) is 6.25. The number of hydrogen-bond donors (Lipinski definition) is 3. The molecule has 0 saturated carbocycles. The van der Waals surface area contributed by atoms with E-state index >= 15 is 0 Å². The van der Waals surface area contributed by atoms with Crippen LogP contribution in [0.15, 0.2) is 47.4 Å². The summed E-state index contributed by atoms with van der Waals surface area (Å²) in [5, 5.41) is 17.2. The first-order valence-corrected chi connectivity index (χ1v) is 11.4. The van der Waals surface area contributed by atoms with Crippen LogP contribution in [0.4, 0.5) is 11.4 Å². The molecule has 7 nitrogen and oxygen atoms in total. The second-order valence-corrected chi connectivity index (χ2v) is 9.38. The van der Waals surface area contributed by atoms with Crippen molar-refractivity contribution in [3.05, 3.63) is 69.5 Å². The molecule has 0 unspecified atom stereocenters. The van der Waals surface area contributed by atoms with Crippen LogP contribution in [0.2, 0.25) is 10.0 Å². The number of nitrogens with one attached hydrogen (secondary N) is 2. The summed E-state index contributed by atoms with van der Waals surface area (Å²) in [7, 11) is -3.74. The molecule has 3 aromatic rings. The van der Waals surface area contributed by atoms with Crippen LogP contribution in [-0.4, -0.2) is 23.3 Å². The molecule has 1 aromatic heterocycles. The highest BCUT2D eigenvalue weighted by atomic mass is 35.5. The first-order chi connectivity index (χ1) is 14.0. The number of thiocarbonyl (C=S) groups is 1. The van der Waals surface area contributed by atoms with Crippen LogP contribution in [0.1, 0.15) is 17.0 Å². The fourth-order valence-corrected chi connectivity index (χ4v) is 3.90. The lowest BCUT2D eigenvalue weighted by Crippen LogP contribution is -2.20. The van der Waals surface area contributed by atoms with E-state index in [0.717, 1.165) is 22.6 Å². The van der Waals surface area contributed by atoms with Crippen molar-refractivity contribution in [1.29, 1.82) is 0 Å². The Morgan fingerprint density at radius 2 is 1.77 bits per heavy atom. The second kappa shape index (κ2) is 8.91. The number of aryl methyl sites for hydroxylation is 1. The van der Waals surface area contributed by atoms with Crippen molar-refractivity contribution < 1.29 is 8.42 Å². The van der Waals surface area contributed by atoms with E-state index in [1.54, 1.807) is 18.2 Å². The zero-order valence-corrected chi connectivity index (χ0v) is 19.3. The van der Waals surface area contributed by atoms with E-state index in [4.69, 9.17) is 40.6 Å². The predicted octanol–water partition coefficient (Wildman–Crippen LogP) is 4.31. The summed E-state index contributed by atoms with van der Waals surface area (Å²) in [5.74, 6) is 0. The van der Waals surface area contributed by atoms with E-state index in [1.807, 2.05) is 30.7 Å². The van der Waals surface area contributed by atoms with E-state index in [0.29, 0.717) is 27.4 Å². The lowest BCUT2D eigenvalue weighted by atomic mass is 10.2. The summed E-state index contributed by atoms with van der Waals surface area (Å²) in [6.07, 6.45) is 0. The van der Waals surface area contributed by atoms with Crippen LogP contribution < -0.4 is 15.8 Å². The zero-order chi connectivity index (χ0) is 22.1. The van der Waals surface area contributed by atoms with Gasteiger partial charge in [0.2, 0.25) is 10.0 Å². The number of nitrogens with zero attached hydrogens (tertiary/aromatic N) is 2. The normalized spacial score (nSPS) is 11.4. The smallest absolute Gasteiger partial charge is 0.238 e. The van der Waals surface area contributed by atoms with Crippen molar-refractivity contribution in [3.8, 4) is 0 Å². The number of halogens is 2. The quantitative estimate of drug-likeness (QED) is 0.467. The molecule has 0 amide bonds. The summed E-state index contributed by atoms with van der Waals surface area (Å²) in [5.41, 5.74) is 4.05. The number of nitrogens with two attached hydrogens (primary N) is 1. The van der Waals surface area contributed by atoms with E-state index in [2.05, 4.69) is 15.7 Å². The third-order valence-electron chi connectivity index (χ3n) is 4.38. The third kappa shape index (κ3) is 5.30. The van der Waals surface area contributed by atoms with Crippen LogP contribution >= 0.6 is 35.4 Å². The van der Waals surface area contributed by atoms with Gasteiger partial charge in [0.1, 0.15) is 0 Å². The minimum atomic E-state index is -3.74. The van der Waals surface area contributed by atoms with Crippen molar-refractivity contribution in [1.82, 2.24) is 9.78 Å². The van der Waals surface area contributed by atoms with Gasteiger partial charge in [-0.1, -0.05) is 29.3 Å². The average molecular weight is 484 g/mol. The molecule has 30 heavy (non-hydrogen) atoms. The molecule has 11 heteroatoms. The van der Waals surface area contributed by atoms with Crippen LogP contribution in [-0.2, 0) is 16.6 Å². The van der Waals surface area contributed by atoms with Gasteiger partial charge in [0.15, 0.2) is 5.11 Å². The Kier molecular flexibility index (Phi) is 6.68. The number of aromatic nitrogens is 2. The highest BCUT2D eigenvalue weighted by molar-refractivity contribution is 7.89. The van der Waals surface area contributed by atoms with Gasteiger partial charge in [0, 0.05) is 5.69 Å². The van der Waals surface area contributed by atoms with E-state index in [9.17, 15) is 8.42 Å². The molecule has 0 atom stereocenters. The molecule has 0 fully saturated rings. The van der Waals surface area contributed by atoms with Gasteiger partial charge in [0.05, 0.1) is 38.6 Å². The average Bonchev–Trinajstić information content (AvgIpc) is 2.92. The number of anilines is 2. The molecule has 1 heterocycles. The van der Waals surface area contributed by atoms with Crippen LogP contribution in [0.3, 0.4) is 0 Å². The molecule has 0 radical (unpaired) electrons. The van der Waals surface area contributed by atoms with Gasteiger partial charge in [-0.3, -0.25) is 4.68 Å². The van der Waals surface area contributed by atoms with Gasteiger partial charge in [-0.15, -0.1) is 0 Å². The molecule has 158 valence electrons. The topological polar surface area (TPSA) is 102 Å². The fraction of sp³-hybridized carbons (Fsp3) is 0.158. The molecule has 0 aliphatic carbocycles. The molecule has 4 N–H and O–H groups in total. The summed E-state index contributed by atoms with van der Waals surface area (Å²) in [6.45, 7) is 4.34. The van der Waals surface area contributed by atoms with E-state index in [1.165, 1.54) is 12.1 Å². The second-order valence-electron chi connectivity index (χ2n) is 6.60. The Hall–Kier alpha value is -2.17. The molecule has 2 aromatic carbocycles. The Bertz CT molecular complexity index is 1210. The van der Waals surface area contributed by atoms with E-state index < -0.39 is 10.0 Å². The molecule has 0 spiro atoms. The SMILES string of the molecule is Cc1nn(Cc2ccc(Cl)c(Cl)c2)c(C)c1NC(=S)Nc1ccc(S(N)(=O)=O)cc1. The Morgan fingerprint density at radius 1 is 1.10 bits per heavy atom. The largest absolute Gasteiger partial charge is 0.332 e. The first kappa shape index (κ1) is 22.5. The summed E-state index contributed by atoms with van der Waals surface area (Å²) in [4.78, 5) is 0.0298. The van der Waals surface area contributed by atoms with Crippen LogP contribution in [0, 0.1) is 13.8 Å². The molecule has 3 rings (SSSR count). The van der Waals surface area contributed by atoms with Crippen molar-refractivity contribution in [3.63, 3.8) is 0 Å². The number of rotatable bonds is 5. The molecular weight excluding hydrogens is 465 g/mol. The fourth-order valence-electron chi connectivity index (χ4n) is 2.85. The summed E-state index contributed by atoms with van der Waals surface area (Å²) in [6, 6.07) is 11.4. The highest BCUT2D eigenvalue weighted by Gasteiger charge is 2.14. The summed E-state index contributed by atoms with van der Waals surface area (Å²) < 4.78 is 24.5. The van der Waals surface area contributed by atoms with Gasteiger partial charge in [-0.05, 0) is 68.0 Å². The maximum atomic E-state index is 11.3. The lowest BCUT2D eigenvalue weighted by molar-refractivity contribution is 0.598. The van der Waals surface area contributed by atoms with Crippen LogP contribution in [0.5, 0.6) is 0 Å². The predicted molar refractivity (Wildman–Crippen MR) is 125 cm³/mol. The number of hydrogen-bond acceptors (Lipinski definition) is 4. The van der Waals surface area contributed by atoms with Gasteiger partial charge in [0.25, 0.3) is 0 Å². The maximum absolute atomic E-state index is 11.3. The Balaban J connectivity index is 1.72. The van der Waals surface area contributed by atoms with Crippen molar-refractivity contribution in [2.24, 2.45) is 5.14 Å². The van der Waals surface area contributed by atoms with Gasteiger partial charge in [-0.2, -0.15) is 5.10 Å². The first-order valence-electron chi connectivity index (χ1n) is 8.73. The highest BCUT2D eigenvalue weighted by Crippen LogP contribution is 2.25.